The molecule has 1 amide bonds. The molecule has 0 radical (unpaired) electrons. The molecule has 130 valence electrons. The molecule has 1 aromatic rings. The maximum absolute atomic E-state index is 13.4. The van der Waals surface area contributed by atoms with E-state index < -0.39 is 0 Å². The summed E-state index contributed by atoms with van der Waals surface area (Å²) in [7, 11) is 0. The largest absolute Gasteiger partial charge is 0.393 e. The summed E-state index contributed by atoms with van der Waals surface area (Å²) in [5.41, 5.74) is 2.09. The second kappa shape index (κ2) is 6.16. The van der Waals surface area contributed by atoms with Gasteiger partial charge in [0.15, 0.2) is 0 Å². The summed E-state index contributed by atoms with van der Waals surface area (Å²) in [5, 5.41) is 10.4. The summed E-state index contributed by atoms with van der Waals surface area (Å²) < 4.78 is 5.60. The predicted molar refractivity (Wildman–Crippen MR) is 91.8 cm³/mol. The van der Waals surface area contributed by atoms with Crippen molar-refractivity contribution in [2.75, 3.05) is 19.8 Å². The lowest BCUT2D eigenvalue weighted by Crippen LogP contribution is -2.50. The molecule has 4 rings (SSSR count). The van der Waals surface area contributed by atoms with Crippen LogP contribution in [0, 0.1) is 12.8 Å². The summed E-state index contributed by atoms with van der Waals surface area (Å²) in [6, 6.07) is 8.42. The van der Waals surface area contributed by atoms with Crippen LogP contribution < -0.4 is 0 Å². The van der Waals surface area contributed by atoms with Gasteiger partial charge in [0.2, 0.25) is 5.91 Å². The number of rotatable bonds is 3. The molecule has 4 heteroatoms. The smallest absolute Gasteiger partial charge is 0.233 e. The van der Waals surface area contributed by atoms with Crippen LogP contribution in [-0.2, 0) is 14.9 Å². The molecule has 1 aliphatic carbocycles. The quantitative estimate of drug-likeness (QED) is 0.926. The highest BCUT2D eigenvalue weighted by molar-refractivity contribution is 5.92. The summed E-state index contributed by atoms with van der Waals surface area (Å²) in [5.74, 6) is 0.343. The first-order chi connectivity index (χ1) is 11.6. The van der Waals surface area contributed by atoms with E-state index in [1.165, 1.54) is 11.1 Å². The highest BCUT2D eigenvalue weighted by atomic mass is 16.5. The topological polar surface area (TPSA) is 49.8 Å². The second-order valence-electron chi connectivity index (χ2n) is 7.70. The number of aliphatic hydroxyl groups is 1. The molecule has 3 fully saturated rings. The van der Waals surface area contributed by atoms with Crippen molar-refractivity contribution in [2.24, 2.45) is 5.92 Å². The van der Waals surface area contributed by atoms with Gasteiger partial charge in [0.25, 0.3) is 0 Å². The van der Waals surface area contributed by atoms with Gasteiger partial charge in [0.1, 0.15) is 0 Å². The minimum atomic E-state index is -0.342. The summed E-state index contributed by atoms with van der Waals surface area (Å²) in [4.78, 5) is 15.5. The SMILES string of the molecule is Cc1ccccc1C1(C(=O)N2CCC[C@@H]2[C@@H]2COCC[C@@H]2O)CC1. The number of amides is 1. The number of carbonyl (C=O) groups is 1. The zero-order valence-corrected chi connectivity index (χ0v) is 14.4. The fourth-order valence-corrected chi connectivity index (χ4v) is 4.71. The summed E-state index contributed by atoms with van der Waals surface area (Å²) >= 11 is 0. The van der Waals surface area contributed by atoms with Crippen molar-refractivity contribution in [2.45, 2.75) is 56.6 Å². The van der Waals surface area contributed by atoms with Gasteiger partial charge >= 0.3 is 0 Å². The first kappa shape index (κ1) is 16.1. The monoisotopic (exact) mass is 329 g/mol. The van der Waals surface area contributed by atoms with Gasteiger partial charge in [-0.1, -0.05) is 24.3 Å². The zero-order valence-electron chi connectivity index (χ0n) is 14.4. The average Bonchev–Trinajstić information content (AvgIpc) is 3.25. The van der Waals surface area contributed by atoms with Crippen molar-refractivity contribution in [3.05, 3.63) is 35.4 Å². The Kier molecular flexibility index (Phi) is 4.13. The van der Waals surface area contributed by atoms with Crippen molar-refractivity contribution in [3.63, 3.8) is 0 Å². The number of carbonyl (C=O) groups excluding carboxylic acids is 1. The van der Waals surface area contributed by atoms with E-state index in [-0.39, 0.29) is 29.4 Å². The molecule has 4 nitrogen and oxygen atoms in total. The van der Waals surface area contributed by atoms with Crippen LogP contribution in [0.4, 0.5) is 0 Å². The molecule has 0 bridgehead atoms. The number of aryl methyl sites for hydroxylation is 1. The van der Waals surface area contributed by atoms with E-state index in [9.17, 15) is 9.90 Å². The lowest BCUT2D eigenvalue weighted by Gasteiger charge is -2.38. The predicted octanol–water partition coefficient (Wildman–Crippen LogP) is 2.42. The molecule has 0 aromatic heterocycles. The Morgan fingerprint density at radius 1 is 1.29 bits per heavy atom. The molecule has 0 spiro atoms. The lowest BCUT2D eigenvalue weighted by atomic mass is 9.87. The van der Waals surface area contributed by atoms with E-state index in [2.05, 4.69) is 24.0 Å². The Morgan fingerprint density at radius 3 is 2.79 bits per heavy atom. The Hall–Kier alpha value is -1.39. The van der Waals surface area contributed by atoms with Crippen LogP contribution in [0.25, 0.3) is 0 Å². The van der Waals surface area contributed by atoms with Crippen molar-refractivity contribution in [3.8, 4) is 0 Å². The molecule has 1 N–H and O–H groups in total. The third-order valence-electron chi connectivity index (χ3n) is 6.24. The Balaban J connectivity index is 1.58. The van der Waals surface area contributed by atoms with Gasteiger partial charge in [-0.3, -0.25) is 4.79 Å². The van der Waals surface area contributed by atoms with Crippen molar-refractivity contribution >= 4 is 5.91 Å². The van der Waals surface area contributed by atoms with Gasteiger partial charge in [-0.2, -0.15) is 0 Å². The van der Waals surface area contributed by atoms with Gasteiger partial charge in [-0.25, -0.2) is 0 Å². The van der Waals surface area contributed by atoms with Crippen LogP contribution in [0.3, 0.4) is 0 Å². The Labute approximate surface area is 143 Å². The molecule has 2 aliphatic heterocycles. The molecule has 24 heavy (non-hydrogen) atoms. The van der Waals surface area contributed by atoms with Gasteiger partial charge in [-0.05, 0) is 50.2 Å². The maximum atomic E-state index is 13.4. The van der Waals surface area contributed by atoms with E-state index in [0.717, 1.165) is 32.2 Å². The zero-order chi connectivity index (χ0) is 16.7. The second-order valence-corrected chi connectivity index (χ2v) is 7.70. The molecular weight excluding hydrogens is 302 g/mol. The average molecular weight is 329 g/mol. The fourth-order valence-electron chi connectivity index (χ4n) is 4.71. The van der Waals surface area contributed by atoms with Gasteiger partial charge in [0, 0.05) is 25.1 Å². The highest BCUT2D eigenvalue weighted by Crippen LogP contribution is 2.51. The lowest BCUT2D eigenvalue weighted by molar-refractivity contribution is -0.139. The molecule has 1 saturated carbocycles. The van der Waals surface area contributed by atoms with E-state index in [1.54, 1.807) is 0 Å². The minimum absolute atomic E-state index is 0.0675. The molecule has 3 aliphatic rings. The molecular formula is C20H27NO3. The number of ether oxygens (including phenoxy) is 1. The Bertz CT molecular complexity index is 625. The molecule has 2 saturated heterocycles. The number of hydrogen-bond donors (Lipinski definition) is 1. The van der Waals surface area contributed by atoms with Crippen LogP contribution in [0.1, 0.15) is 43.2 Å². The number of benzene rings is 1. The van der Waals surface area contributed by atoms with Crippen LogP contribution in [0.2, 0.25) is 0 Å². The number of nitrogens with zero attached hydrogens (tertiary/aromatic N) is 1. The van der Waals surface area contributed by atoms with E-state index in [1.807, 2.05) is 12.1 Å². The highest BCUT2D eigenvalue weighted by Gasteiger charge is 2.55. The van der Waals surface area contributed by atoms with Gasteiger partial charge in [0.05, 0.1) is 18.1 Å². The Morgan fingerprint density at radius 2 is 2.08 bits per heavy atom. The van der Waals surface area contributed by atoms with Crippen LogP contribution in [-0.4, -0.2) is 47.8 Å². The van der Waals surface area contributed by atoms with Gasteiger partial charge in [-0.15, -0.1) is 0 Å². The maximum Gasteiger partial charge on any atom is 0.233 e. The fraction of sp³-hybridized carbons (Fsp3) is 0.650. The van der Waals surface area contributed by atoms with E-state index in [4.69, 9.17) is 4.74 Å². The minimum Gasteiger partial charge on any atom is -0.393 e. The van der Waals surface area contributed by atoms with E-state index in [0.29, 0.717) is 19.6 Å². The van der Waals surface area contributed by atoms with Crippen LogP contribution in [0.15, 0.2) is 24.3 Å². The van der Waals surface area contributed by atoms with Crippen LogP contribution in [0.5, 0.6) is 0 Å². The first-order valence-electron chi connectivity index (χ1n) is 9.26. The standard InChI is InChI=1S/C20H27NO3/c1-14-5-2-3-6-16(14)20(9-10-20)19(23)21-11-4-7-17(21)15-13-24-12-8-18(15)22/h2-3,5-6,15,17-18,22H,4,7-13H2,1H3/t15-,17+,18-/m0/s1. The number of hydrogen-bond acceptors (Lipinski definition) is 3. The summed E-state index contributed by atoms with van der Waals surface area (Å²) in [6.07, 6.45) is 4.26. The van der Waals surface area contributed by atoms with Crippen LogP contribution >= 0.6 is 0 Å². The first-order valence-corrected chi connectivity index (χ1v) is 9.26. The normalized spacial score (nSPS) is 31.9. The molecule has 3 atom stereocenters. The third kappa shape index (κ3) is 2.56. The van der Waals surface area contributed by atoms with Crippen molar-refractivity contribution in [1.29, 1.82) is 0 Å². The van der Waals surface area contributed by atoms with Crippen molar-refractivity contribution < 1.29 is 14.6 Å². The number of aliphatic hydroxyl groups excluding tert-OH is 1. The number of likely N-dealkylation sites (tertiary alicyclic amines) is 1. The molecule has 2 heterocycles. The third-order valence-corrected chi connectivity index (χ3v) is 6.24. The van der Waals surface area contributed by atoms with Gasteiger partial charge < -0.3 is 14.7 Å². The summed E-state index contributed by atoms with van der Waals surface area (Å²) in [6.45, 7) is 4.13. The van der Waals surface area contributed by atoms with Crippen molar-refractivity contribution in [1.82, 2.24) is 4.90 Å². The van der Waals surface area contributed by atoms with E-state index >= 15 is 0 Å². The molecule has 1 aromatic carbocycles. The molecule has 0 unspecified atom stereocenters.